The van der Waals surface area contributed by atoms with Gasteiger partial charge in [-0.05, 0) is 91.3 Å². The largest absolute Gasteiger partial charge is 0.469 e. The van der Waals surface area contributed by atoms with Crippen molar-refractivity contribution in [3.8, 4) is 22.9 Å². The number of nitrogens with one attached hydrogen (secondary N) is 1. The van der Waals surface area contributed by atoms with Crippen LogP contribution in [0.2, 0.25) is 0 Å². The number of halogens is 2. The molecule has 0 radical (unpaired) electrons. The van der Waals surface area contributed by atoms with Crippen LogP contribution in [0.4, 0.5) is 8.78 Å². The van der Waals surface area contributed by atoms with Crippen LogP contribution >= 0.6 is 11.8 Å². The van der Waals surface area contributed by atoms with Crippen LogP contribution in [0.15, 0.2) is 60.8 Å². The summed E-state index contributed by atoms with van der Waals surface area (Å²) in [6, 6.07) is 16.3. The van der Waals surface area contributed by atoms with Crippen molar-refractivity contribution in [3.05, 3.63) is 94.9 Å². The Bertz CT molecular complexity index is 2000. The number of carbonyl (C=O) groups is 1. The second-order valence-electron chi connectivity index (χ2n) is 14.5. The average molecular weight is 701 g/mol. The first kappa shape index (κ1) is 35.6. The lowest BCUT2D eigenvalue weighted by molar-refractivity contribution is -0.145. The van der Waals surface area contributed by atoms with Gasteiger partial charge in [0.15, 0.2) is 23.2 Å². The highest BCUT2D eigenvalue weighted by atomic mass is 32.2. The summed E-state index contributed by atoms with van der Waals surface area (Å²) in [4.78, 5) is 20.2. The quantitative estimate of drug-likeness (QED) is 0.184. The molecule has 7 nitrogen and oxygen atoms in total. The first-order valence-electron chi connectivity index (χ1n) is 17.3. The normalized spacial score (nSPS) is 18.8. The van der Waals surface area contributed by atoms with Crippen molar-refractivity contribution in [3.63, 3.8) is 0 Å². The molecule has 0 saturated carbocycles. The van der Waals surface area contributed by atoms with Gasteiger partial charge in [-0.3, -0.25) is 4.79 Å². The number of aromatic amines is 1. The van der Waals surface area contributed by atoms with Gasteiger partial charge in [-0.25, -0.2) is 18.4 Å². The van der Waals surface area contributed by atoms with E-state index < -0.39 is 17.0 Å². The van der Waals surface area contributed by atoms with E-state index in [1.807, 2.05) is 37.0 Å². The molecule has 3 aromatic carbocycles. The molecule has 5 aromatic rings. The molecule has 6 rings (SSSR count). The number of aromatic nitrogens is 4. The molecular formula is C40H46F2N4O3S. The fourth-order valence-corrected chi connectivity index (χ4v) is 8.15. The Balaban J connectivity index is 1.42. The molecule has 2 unspecified atom stereocenters. The van der Waals surface area contributed by atoms with Crippen molar-refractivity contribution in [2.24, 2.45) is 18.4 Å². The number of H-pyrrole nitrogens is 1. The Morgan fingerprint density at radius 2 is 1.92 bits per heavy atom. The van der Waals surface area contributed by atoms with Crippen LogP contribution in [0.1, 0.15) is 75.9 Å². The van der Waals surface area contributed by atoms with E-state index in [9.17, 15) is 4.79 Å². The smallest absolute Gasteiger partial charge is 0.308 e. The SMILES string of the molecule is COC(=O)C(C)CCc1cccc(C2(C)CCCC(C)(C)CSCCc3c(c(F)cc4[nH]ccc34)Oc3ccc(F)c(c3)-c3nc2nn3C)c1. The van der Waals surface area contributed by atoms with Crippen LogP contribution in [0, 0.1) is 23.0 Å². The zero-order chi connectivity index (χ0) is 35.6. The minimum atomic E-state index is -0.580. The lowest BCUT2D eigenvalue weighted by Gasteiger charge is -2.31. The van der Waals surface area contributed by atoms with Crippen LogP contribution in [0.3, 0.4) is 0 Å². The van der Waals surface area contributed by atoms with Gasteiger partial charge in [-0.1, -0.05) is 51.5 Å². The zero-order valence-electron chi connectivity index (χ0n) is 29.7. The summed E-state index contributed by atoms with van der Waals surface area (Å²) in [5.41, 5.74) is 3.39. The molecule has 3 heterocycles. The van der Waals surface area contributed by atoms with Crippen LogP contribution in [0.25, 0.3) is 22.3 Å². The van der Waals surface area contributed by atoms with Crippen molar-refractivity contribution in [1.82, 2.24) is 19.7 Å². The van der Waals surface area contributed by atoms with Crippen molar-refractivity contribution >= 4 is 28.6 Å². The molecule has 0 aliphatic carbocycles. The van der Waals surface area contributed by atoms with E-state index in [1.54, 1.807) is 17.8 Å². The number of hydrogen-bond acceptors (Lipinski definition) is 6. The van der Waals surface area contributed by atoms with Gasteiger partial charge < -0.3 is 14.5 Å². The summed E-state index contributed by atoms with van der Waals surface area (Å²) in [7, 11) is 3.19. The summed E-state index contributed by atoms with van der Waals surface area (Å²) in [6.45, 7) is 8.65. The van der Waals surface area contributed by atoms with Crippen molar-refractivity contribution in [1.29, 1.82) is 0 Å². The maximum atomic E-state index is 15.7. The minimum Gasteiger partial charge on any atom is -0.469 e. The average Bonchev–Trinajstić information content (AvgIpc) is 3.73. The number of benzene rings is 3. The highest BCUT2D eigenvalue weighted by Crippen LogP contribution is 2.41. The van der Waals surface area contributed by atoms with Crippen molar-refractivity contribution < 1.29 is 23.0 Å². The number of aryl methyl sites for hydroxylation is 3. The van der Waals surface area contributed by atoms with Crippen LogP contribution < -0.4 is 4.74 Å². The summed E-state index contributed by atoms with van der Waals surface area (Å²) in [5, 5.41) is 5.83. The second kappa shape index (κ2) is 14.6. The number of thioether (sulfide) groups is 1. The first-order chi connectivity index (χ1) is 23.9. The third-order valence-corrected chi connectivity index (χ3v) is 11.6. The molecule has 1 N–H and O–H groups in total. The van der Waals surface area contributed by atoms with E-state index in [4.69, 9.17) is 19.6 Å². The summed E-state index contributed by atoms with van der Waals surface area (Å²) in [5.74, 6) is 1.81. The Hall–Kier alpha value is -4.18. The van der Waals surface area contributed by atoms with Crippen LogP contribution in [-0.2, 0) is 34.8 Å². The highest BCUT2D eigenvalue weighted by molar-refractivity contribution is 7.99. The van der Waals surface area contributed by atoms with Gasteiger partial charge in [0.05, 0.1) is 24.0 Å². The van der Waals surface area contributed by atoms with Crippen LogP contribution in [-0.4, -0.2) is 44.3 Å². The van der Waals surface area contributed by atoms with Gasteiger partial charge in [0.1, 0.15) is 11.6 Å². The lowest BCUT2D eigenvalue weighted by Crippen LogP contribution is -2.27. The Morgan fingerprint density at radius 3 is 2.72 bits per heavy atom. The van der Waals surface area contributed by atoms with Gasteiger partial charge >= 0.3 is 5.97 Å². The lowest BCUT2D eigenvalue weighted by atomic mass is 9.75. The van der Waals surface area contributed by atoms with Gasteiger partial charge in [-0.15, -0.1) is 0 Å². The van der Waals surface area contributed by atoms with Gasteiger partial charge in [0.2, 0.25) is 0 Å². The van der Waals surface area contributed by atoms with Gasteiger partial charge in [0.25, 0.3) is 0 Å². The van der Waals surface area contributed by atoms with E-state index in [2.05, 4.69) is 44.0 Å². The maximum absolute atomic E-state index is 15.7. The number of nitrogens with zero attached hydrogens (tertiary/aromatic N) is 3. The molecule has 0 spiro atoms. The molecule has 4 bridgehead atoms. The number of fused-ring (bicyclic) bond motifs is 8. The van der Waals surface area contributed by atoms with E-state index in [-0.39, 0.29) is 28.6 Å². The number of esters is 1. The fourth-order valence-electron chi connectivity index (χ4n) is 6.96. The van der Waals surface area contributed by atoms with E-state index in [1.165, 1.54) is 25.3 Å². The maximum Gasteiger partial charge on any atom is 0.308 e. The molecule has 1 aliphatic heterocycles. The molecule has 2 atom stereocenters. The van der Waals surface area contributed by atoms with Crippen molar-refractivity contribution in [2.45, 2.75) is 71.6 Å². The summed E-state index contributed by atoms with van der Waals surface area (Å²) in [6.07, 6.45) is 6.53. The third-order valence-electron chi connectivity index (χ3n) is 10.1. The topological polar surface area (TPSA) is 82.0 Å². The third kappa shape index (κ3) is 7.45. The molecule has 2 aromatic heterocycles. The molecular weight excluding hydrogens is 655 g/mol. The minimum absolute atomic E-state index is 0.0524. The summed E-state index contributed by atoms with van der Waals surface area (Å²) >= 11 is 1.87. The molecule has 0 saturated heterocycles. The van der Waals surface area contributed by atoms with Gasteiger partial charge in [0, 0.05) is 35.8 Å². The monoisotopic (exact) mass is 700 g/mol. The van der Waals surface area contributed by atoms with E-state index in [0.29, 0.717) is 35.8 Å². The molecule has 0 fully saturated rings. The number of carbonyl (C=O) groups excluding carboxylic acids is 1. The van der Waals surface area contributed by atoms with E-state index >= 15 is 8.78 Å². The molecule has 0 amide bonds. The van der Waals surface area contributed by atoms with Crippen molar-refractivity contribution in [2.75, 3.05) is 18.6 Å². The molecule has 264 valence electrons. The number of rotatable bonds is 5. The van der Waals surface area contributed by atoms with E-state index in [0.717, 1.165) is 59.3 Å². The summed E-state index contributed by atoms with van der Waals surface area (Å²) < 4.78 is 44.1. The van der Waals surface area contributed by atoms with Crippen LogP contribution in [0.5, 0.6) is 11.5 Å². The Kier molecular flexibility index (Phi) is 10.4. The first-order valence-corrected chi connectivity index (χ1v) is 18.5. The standard InChI is InChI=1S/C40H46F2N4O3S/c1-25(37(47)48-6)11-12-26-9-7-10-27(21-26)40(4)18-8-17-39(2,3)24-50-20-16-30-29-15-19-43-34(29)23-33(42)35(30)49-28-13-14-32(41)31(22-28)36-44-38(40)45-46(36)5/h7,9-10,13-15,19,21-23,25,43H,8,11-12,16-18,20,24H2,1-6H3. The highest BCUT2D eigenvalue weighted by Gasteiger charge is 2.35. The van der Waals surface area contributed by atoms with Gasteiger partial charge in [-0.2, -0.15) is 16.9 Å². The number of hydrogen-bond donors (Lipinski definition) is 1. The predicted octanol–water partition coefficient (Wildman–Crippen LogP) is 9.57. The molecule has 50 heavy (non-hydrogen) atoms. The number of ether oxygens (including phenoxy) is 2. The Morgan fingerprint density at radius 1 is 1.10 bits per heavy atom. The Labute approximate surface area is 297 Å². The second-order valence-corrected chi connectivity index (χ2v) is 15.7. The number of methoxy groups -OCH3 is 1. The molecule has 1 aliphatic rings. The predicted molar refractivity (Wildman–Crippen MR) is 196 cm³/mol. The fraction of sp³-hybridized carbons (Fsp3) is 0.425. The zero-order valence-corrected chi connectivity index (χ0v) is 30.6. The molecule has 10 heteroatoms.